The number of para-hydroxylation sites is 1. The van der Waals surface area contributed by atoms with Gasteiger partial charge in [-0.15, -0.1) is 5.10 Å². The number of rotatable bonds is 52. The first-order chi connectivity index (χ1) is 59.5. The standard InChI is InChI=1S/C103H147N8O11P/c1-10-13-15-17-19-21-23-25-27-29-31-33-35-37-41-63-94(114)121-90(91(75-120-123(117,118)119)122-95(115)64-42-38-36-34-32-30-28-26-24-22-20-18-16-14-11-2)74-111-100-79-55-44-43-53-78(79)73-109(88-60-48-47-58-82(88)98(100)105-106-111)93(113)62-40-39-49-65-104-92(112)61-52-66-107(9)101(116)81-57-46-45-56-80(81)96-85-70-84-76(4)72-102(5,6)110(12-3)89(84)71-87(85)103(7,8)97-83-59-51-68-108-67-50-54-77(99(83)108)69-86(96)97/h26,28,43-48,53,55-58,60,69-71,76,90-91H,10-25,27,29-42,49-52,54,59,61-68,72-75H2,1-9H3,(H2-,104,112,117,118,119)/p+1/b28-26-/t76?,90-,91-/m0/s1. The molecular formula is C103H148N8O11P+. The molecule has 5 aromatic carbocycles. The van der Waals surface area contributed by atoms with E-state index in [1.54, 1.807) is 14.5 Å². The van der Waals surface area contributed by atoms with Crippen molar-refractivity contribution < 1.29 is 52.3 Å². The van der Waals surface area contributed by atoms with Crippen LogP contribution in [-0.2, 0) is 69.1 Å². The number of hydrogen-bond donors (Lipinski definition) is 3. The first kappa shape index (κ1) is 95.6. The van der Waals surface area contributed by atoms with Crippen molar-refractivity contribution in [3.05, 3.63) is 164 Å². The molecule has 1 unspecified atom stereocenters. The van der Waals surface area contributed by atoms with E-state index in [9.17, 15) is 33.5 Å². The zero-order valence-electron chi connectivity index (χ0n) is 76.3. The zero-order chi connectivity index (χ0) is 87.3. The van der Waals surface area contributed by atoms with Crippen molar-refractivity contribution in [3.8, 4) is 22.5 Å². The molecule has 1 aromatic heterocycles. The van der Waals surface area contributed by atoms with Gasteiger partial charge in [-0.1, -0.05) is 260 Å². The lowest BCUT2D eigenvalue weighted by molar-refractivity contribution is -0.172. The number of fused-ring (bicyclic) bond motifs is 9. The Labute approximate surface area is 735 Å². The number of carbonyl (C=O) groups is 5. The van der Waals surface area contributed by atoms with E-state index in [0.717, 1.165) is 133 Å². The number of anilines is 2. The Balaban J connectivity index is 0.709. The lowest BCUT2D eigenvalue weighted by Gasteiger charge is -2.48. The largest absolute Gasteiger partial charge is 0.469 e. The molecule has 3 N–H and O–H groups in total. The Morgan fingerprint density at radius 3 is 1.81 bits per heavy atom. The summed E-state index contributed by atoms with van der Waals surface area (Å²) in [5.41, 5.74) is 15.8. The molecule has 0 saturated heterocycles. The third kappa shape index (κ3) is 26.1. The van der Waals surface area contributed by atoms with E-state index in [-0.39, 0.29) is 67.4 Å². The minimum absolute atomic E-state index is 0.00593. The molecule has 0 bridgehead atoms. The van der Waals surface area contributed by atoms with Crippen LogP contribution in [0.3, 0.4) is 0 Å². The Hall–Kier alpha value is -8.09. The van der Waals surface area contributed by atoms with Gasteiger partial charge >= 0.3 is 19.8 Å². The minimum Gasteiger partial charge on any atom is -0.456 e. The van der Waals surface area contributed by atoms with Gasteiger partial charge in [0.05, 0.1) is 31.1 Å². The maximum atomic E-state index is 15.1. The SMILES string of the molecule is CCCCCCCC/C=C\CCCCCCCC(=O)O[C@@H](COP(=O)(O)O)[C@H](Cn1nnc2c1-c1ccccc1CN(C(=O)CCCCCNC(=O)CCCN(C)C(=O)c1ccccc1C1=c3cc4c5c(c3C(C)(C)c3cc6c(cc31)C(C)CC(C)(C)N6CC)CCC[N+]=5CCC4)c1ccccc1-2)OC(=O)CCCCCCCCCCCCCCCCC. The van der Waals surface area contributed by atoms with E-state index in [4.69, 9.17) is 24.3 Å². The average molecular weight is 1710 g/mol. The predicted octanol–water partition coefficient (Wildman–Crippen LogP) is 21.3. The van der Waals surface area contributed by atoms with Crippen LogP contribution in [0.25, 0.3) is 28.1 Å². The van der Waals surface area contributed by atoms with Crippen LogP contribution in [0.1, 0.15) is 367 Å². The number of aryl methyl sites for hydroxylation is 1. The van der Waals surface area contributed by atoms with Gasteiger partial charge in [-0.3, -0.25) is 28.5 Å². The summed E-state index contributed by atoms with van der Waals surface area (Å²) in [6.07, 6.45) is 42.1. The third-order valence-corrected chi connectivity index (χ3v) is 27.2. The number of phosphoric ester groups is 1. The molecule has 20 heteroatoms. The molecular weight excluding hydrogens is 1560 g/mol. The smallest absolute Gasteiger partial charge is 0.456 e. The molecule has 123 heavy (non-hydrogen) atoms. The second-order valence-corrected chi connectivity index (χ2v) is 38.4. The summed E-state index contributed by atoms with van der Waals surface area (Å²) < 4.78 is 34.3. The highest BCUT2D eigenvalue weighted by Gasteiger charge is 2.44. The number of aromatic nitrogens is 3. The number of hydrogen-bond acceptors (Lipinski definition) is 12. The number of amides is 3. The van der Waals surface area contributed by atoms with Crippen molar-refractivity contribution in [1.29, 1.82) is 0 Å². The van der Waals surface area contributed by atoms with Gasteiger partial charge in [-0.25, -0.2) is 13.8 Å². The highest BCUT2D eigenvalue weighted by atomic mass is 31.2. The van der Waals surface area contributed by atoms with E-state index >= 15 is 4.79 Å². The maximum absolute atomic E-state index is 15.1. The van der Waals surface area contributed by atoms with Crippen molar-refractivity contribution in [2.75, 3.05) is 56.2 Å². The molecule has 1 aliphatic carbocycles. The van der Waals surface area contributed by atoms with Gasteiger partial charge in [-0.05, 0) is 178 Å². The highest BCUT2D eigenvalue weighted by molar-refractivity contribution is 7.46. The van der Waals surface area contributed by atoms with Gasteiger partial charge in [-0.2, -0.15) is 0 Å². The van der Waals surface area contributed by atoms with Gasteiger partial charge < -0.3 is 39.3 Å². The summed E-state index contributed by atoms with van der Waals surface area (Å²) in [6, 6.07) is 31.0. The molecule has 6 aromatic rings. The number of ether oxygens (including phenoxy) is 2. The lowest BCUT2D eigenvalue weighted by atomic mass is 9.64. The van der Waals surface area contributed by atoms with Crippen LogP contribution in [0.2, 0.25) is 0 Å². The molecule has 670 valence electrons. The number of nitrogens with zero attached hydrogens (tertiary/aromatic N) is 7. The molecule has 3 amide bonds. The molecule has 0 fully saturated rings. The molecule has 0 saturated carbocycles. The number of nitrogens with one attached hydrogen (secondary N) is 1. The molecule has 11 rings (SSSR count). The maximum Gasteiger partial charge on any atom is 0.469 e. The van der Waals surface area contributed by atoms with Crippen molar-refractivity contribution in [3.63, 3.8) is 0 Å². The number of esters is 2. The summed E-state index contributed by atoms with van der Waals surface area (Å²) in [6.45, 7) is 22.0. The molecule has 5 heterocycles. The van der Waals surface area contributed by atoms with Gasteiger partial charge in [0.2, 0.25) is 17.2 Å². The normalized spacial score (nSPS) is 16.0. The van der Waals surface area contributed by atoms with E-state index in [1.165, 1.54) is 152 Å². The predicted molar refractivity (Wildman–Crippen MR) is 497 cm³/mol. The van der Waals surface area contributed by atoms with E-state index in [0.29, 0.717) is 91.3 Å². The second kappa shape index (κ2) is 47.5. The Kier molecular flexibility index (Phi) is 36.9. The Morgan fingerprint density at radius 1 is 0.618 bits per heavy atom. The number of carbonyl (C=O) groups excluding carboxylic acids is 5. The van der Waals surface area contributed by atoms with Gasteiger partial charge in [0, 0.05) is 110 Å². The second-order valence-electron chi connectivity index (χ2n) is 37.1. The van der Waals surface area contributed by atoms with Crippen LogP contribution in [0.5, 0.6) is 0 Å². The monoisotopic (exact) mass is 1700 g/mol. The minimum atomic E-state index is -5.12. The molecule has 0 spiro atoms. The number of phosphoric acid groups is 1. The van der Waals surface area contributed by atoms with Gasteiger partial charge in [0.15, 0.2) is 12.2 Å². The van der Waals surface area contributed by atoms with E-state index in [1.807, 2.05) is 67.7 Å². The third-order valence-electron chi connectivity index (χ3n) is 26.7. The average Bonchev–Trinajstić information content (AvgIpc) is 1.16. The molecule has 5 aliphatic rings. The van der Waals surface area contributed by atoms with E-state index in [2.05, 4.69) is 113 Å². The van der Waals surface area contributed by atoms with Crippen LogP contribution in [-0.4, -0.2) is 123 Å². The fourth-order valence-corrected chi connectivity index (χ4v) is 20.6. The van der Waals surface area contributed by atoms with Crippen LogP contribution < -0.4 is 30.3 Å². The highest BCUT2D eigenvalue weighted by Crippen LogP contribution is 2.51. The molecule has 0 radical (unpaired) electrons. The van der Waals surface area contributed by atoms with Crippen LogP contribution >= 0.6 is 7.82 Å². The zero-order valence-corrected chi connectivity index (χ0v) is 77.2. The first-order valence-electron chi connectivity index (χ1n) is 48.1. The van der Waals surface area contributed by atoms with Crippen LogP contribution in [0, 0.1) is 0 Å². The fraction of sp³-hybridized carbons (Fsp3) is 0.612. The lowest BCUT2D eigenvalue weighted by Crippen LogP contribution is -2.50. The number of allylic oxidation sites excluding steroid dienone is 2. The summed E-state index contributed by atoms with van der Waals surface area (Å²) >= 11 is 0. The van der Waals surface area contributed by atoms with Crippen molar-refractivity contribution >= 4 is 54.4 Å². The van der Waals surface area contributed by atoms with Crippen molar-refractivity contribution in [1.82, 2.24) is 29.8 Å². The topological polar surface area (TPSA) is 226 Å². The quantitative estimate of drug-likeness (QED) is 0.0106. The summed E-state index contributed by atoms with van der Waals surface area (Å²) in [7, 11) is -3.26. The summed E-state index contributed by atoms with van der Waals surface area (Å²) in [4.78, 5) is 98.0. The van der Waals surface area contributed by atoms with Crippen LogP contribution in [0.4, 0.5) is 11.4 Å². The number of unbranched alkanes of at least 4 members (excludes halogenated alkanes) is 27. The summed E-state index contributed by atoms with van der Waals surface area (Å²) in [5.74, 6) is -1.04. The Morgan fingerprint density at radius 2 is 1.18 bits per heavy atom. The first-order valence-corrected chi connectivity index (χ1v) is 49.6. The molecule has 19 nitrogen and oxygen atoms in total. The van der Waals surface area contributed by atoms with Gasteiger partial charge in [0.25, 0.3) is 5.91 Å². The van der Waals surface area contributed by atoms with Gasteiger partial charge in [0.1, 0.15) is 18.8 Å². The summed E-state index contributed by atoms with van der Waals surface area (Å²) in [5, 5.41) is 15.3. The molecule has 3 atom stereocenters. The fourth-order valence-electron chi connectivity index (χ4n) is 20.3. The van der Waals surface area contributed by atoms with E-state index < -0.39 is 38.6 Å². The molecule has 4 aliphatic heterocycles. The van der Waals surface area contributed by atoms with Crippen molar-refractivity contribution in [2.24, 2.45) is 0 Å². The van der Waals surface area contributed by atoms with Crippen LogP contribution in [0.15, 0.2) is 103 Å². The number of benzene rings is 5. The van der Waals surface area contributed by atoms with Crippen molar-refractivity contribution in [2.45, 2.75) is 361 Å². The Bertz CT molecular complexity index is 4710.